The summed E-state index contributed by atoms with van der Waals surface area (Å²) >= 11 is 5.52. The minimum Gasteiger partial charge on any atom is -0.361 e. The van der Waals surface area contributed by atoms with Gasteiger partial charge in [-0.05, 0) is 63.0 Å². The zero-order valence-corrected chi connectivity index (χ0v) is 14.4. The minimum absolute atomic E-state index is 0.334. The average Bonchev–Trinajstić information content (AvgIpc) is 3.11. The molecule has 0 heterocycles. The number of thiocarbonyl (C=S) groups is 1. The third-order valence-electron chi connectivity index (χ3n) is 5.32. The largest absolute Gasteiger partial charge is 0.361 e. The smallest absolute Gasteiger partial charge is 0.166 e. The Hall–Kier alpha value is -1.13. The molecule has 2 aliphatic rings. The van der Waals surface area contributed by atoms with Crippen LogP contribution in [0.4, 0.5) is 0 Å². The summed E-state index contributed by atoms with van der Waals surface area (Å²) in [4.78, 5) is 2.24. The predicted molar refractivity (Wildman–Crippen MR) is 95.8 cm³/mol. The minimum atomic E-state index is 0.334. The van der Waals surface area contributed by atoms with E-state index >= 15 is 0 Å². The van der Waals surface area contributed by atoms with E-state index in [2.05, 4.69) is 60.0 Å². The average molecular weight is 318 g/mol. The normalized spacial score (nSPS) is 27.9. The maximum absolute atomic E-state index is 5.52. The number of fused-ring (bicyclic) bond motifs is 2. The fraction of sp³-hybridized carbons (Fsp3) is 0.611. The molecule has 4 heteroatoms. The highest BCUT2D eigenvalue weighted by atomic mass is 32.1. The number of rotatable bonds is 5. The zero-order valence-electron chi connectivity index (χ0n) is 13.6. The second-order valence-electron chi connectivity index (χ2n) is 7.03. The summed E-state index contributed by atoms with van der Waals surface area (Å²) in [7, 11) is 4.23. The van der Waals surface area contributed by atoms with E-state index in [0.717, 1.165) is 23.5 Å². The van der Waals surface area contributed by atoms with Gasteiger partial charge in [-0.25, -0.2) is 0 Å². The van der Waals surface area contributed by atoms with Crippen LogP contribution < -0.4 is 10.6 Å². The third kappa shape index (κ3) is 3.61. The Morgan fingerprint density at radius 2 is 2.00 bits per heavy atom. The van der Waals surface area contributed by atoms with Gasteiger partial charge in [0.25, 0.3) is 0 Å². The highest BCUT2D eigenvalue weighted by Crippen LogP contribution is 2.44. The van der Waals surface area contributed by atoms with Crippen LogP contribution in [-0.4, -0.2) is 36.7 Å². The first-order valence-electron chi connectivity index (χ1n) is 8.39. The van der Waals surface area contributed by atoms with Crippen LogP contribution in [0.3, 0.4) is 0 Å². The fourth-order valence-corrected chi connectivity index (χ4v) is 4.34. The van der Waals surface area contributed by atoms with Gasteiger partial charge in [-0.15, -0.1) is 0 Å². The molecular formula is C18H27N3S. The summed E-state index contributed by atoms with van der Waals surface area (Å²) in [5, 5.41) is 7.81. The third-order valence-corrected chi connectivity index (χ3v) is 5.58. The van der Waals surface area contributed by atoms with E-state index in [1.165, 1.54) is 31.2 Å². The van der Waals surface area contributed by atoms with E-state index in [1.807, 2.05) is 0 Å². The van der Waals surface area contributed by atoms with Gasteiger partial charge >= 0.3 is 0 Å². The van der Waals surface area contributed by atoms with E-state index in [0.29, 0.717) is 12.1 Å². The lowest BCUT2D eigenvalue weighted by atomic mass is 9.95. The van der Waals surface area contributed by atoms with Gasteiger partial charge in [0, 0.05) is 12.6 Å². The summed E-state index contributed by atoms with van der Waals surface area (Å²) in [5.41, 5.74) is 1.32. The number of nitrogens with zero attached hydrogens (tertiary/aromatic N) is 1. The molecule has 120 valence electrons. The van der Waals surface area contributed by atoms with Gasteiger partial charge in [-0.2, -0.15) is 0 Å². The molecule has 1 aromatic carbocycles. The van der Waals surface area contributed by atoms with Gasteiger partial charge in [0.1, 0.15) is 0 Å². The molecule has 3 nitrogen and oxygen atoms in total. The summed E-state index contributed by atoms with van der Waals surface area (Å²) in [5.74, 6) is 1.80. The van der Waals surface area contributed by atoms with Crippen molar-refractivity contribution in [2.24, 2.45) is 11.8 Å². The number of hydrogen-bond donors (Lipinski definition) is 2. The van der Waals surface area contributed by atoms with E-state index in [9.17, 15) is 0 Å². The molecular weight excluding hydrogens is 290 g/mol. The SMILES string of the molecule is CN(C)[C@H](CNC(=S)N[C@H]1C[C@@H]2CC[C@@H]1C2)c1ccccc1. The van der Waals surface area contributed by atoms with Crippen molar-refractivity contribution in [3.8, 4) is 0 Å². The maximum Gasteiger partial charge on any atom is 0.166 e. The van der Waals surface area contributed by atoms with Gasteiger partial charge in [0.15, 0.2) is 5.11 Å². The molecule has 22 heavy (non-hydrogen) atoms. The Kier molecular flexibility index (Phi) is 4.99. The van der Waals surface area contributed by atoms with Crippen LogP contribution in [0.25, 0.3) is 0 Å². The highest BCUT2D eigenvalue weighted by Gasteiger charge is 2.39. The molecule has 3 rings (SSSR count). The van der Waals surface area contributed by atoms with Crippen molar-refractivity contribution >= 4 is 17.3 Å². The molecule has 2 bridgehead atoms. The van der Waals surface area contributed by atoms with Crippen LogP contribution in [-0.2, 0) is 0 Å². The quantitative estimate of drug-likeness (QED) is 0.817. The van der Waals surface area contributed by atoms with Crippen LogP contribution >= 0.6 is 12.2 Å². The van der Waals surface area contributed by atoms with Crippen LogP contribution in [0.2, 0.25) is 0 Å². The van der Waals surface area contributed by atoms with Gasteiger partial charge < -0.3 is 15.5 Å². The van der Waals surface area contributed by atoms with Crippen molar-refractivity contribution in [1.29, 1.82) is 0 Å². The fourth-order valence-electron chi connectivity index (χ4n) is 4.10. The number of benzene rings is 1. The van der Waals surface area contributed by atoms with E-state index in [-0.39, 0.29) is 0 Å². The molecule has 0 amide bonds. The Morgan fingerprint density at radius 1 is 1.23 bits per heavy atom. The van der Waals surface area contributed by atoms with Crippen molar-refractivity contribution in [1.82, 2.24) is 15.5 Å². The summed E-state index contributed by atoms with van der Waals surface area (Å²) in [6, 6.07) is 11.5. The lowest BCUT2D eigenvalue weighted by molar-refractivity contribution is 0.297. The molecule has 0 radical (unpaired) electrons. The highest BCUT2D eigenvalue weighted by molar-refractivity contribution is 7.80. The van der Waals surface area contributed by atoms with Crippen LogP contribution in [0.1, 0.15) is 37.3 Å². The molecule has 0 unspecified atom stereocenters. The van der Waals surface area contributed by atoms with Crippen molar-refractivity contribution in [3.05, 3.63) is 35.9 Å². The number of nitrogens with one attached hydrogen (secondary N) is 2. The molecule has 2 fully saturated rings. The lowest BCUT2D eigenvalue weighted by Crippen LogP contribution is -2.46. The zero-order chi connectivity index (χ0) is 15.5. The Balaban J connectivity index is 1.50. The van der Waals surface area contributed by atoms with E-state index in [4.69, 9.17) is 12.2 Å². The summed E-state index contributed by atoms with van der Waals surface area (Å²) in [6.45, 7) is 0.837. The Labute approximate surface area is 139 Å². The van der Waals surface area contributed by atoms with Crippen molar-refractivity contribution < 1.29 is 0 Å². The monoisotopic (exact) mass is 317 g/mol. The Bertz CT molecular complexity index is 502. The molecule has 0 aromatic heterocycles. The molecule has 4 atom stereocenters. The lowest BCUT2D eigenvalue weighted by Gasteiger charge is -2.28. The molecule has 0 saturated heterocycles. The Morgan fingerprint density at radius 3 is 2.59 bits per heavy atom. The van der Waals surface area contributed by atoms with Crippen molar-refractivity contribution in [2.75, 3.05) is 20.6 Å². The first kappa shape index (κ1) is 15.8. The number of likely N-dealkylation sites (N-methyl/N-ethyl adjacent to an activating group) is 1. The first-order valence-corrected chi connectivity index (χ1v) is 8.80. The molecule has 2 aliphatic carbocycles. The van der Waals surface area contributed by atoms with Crippen molar-refractivity contribution in [3.63, 3.8) is 0 Å². The maximum atomic E-state index is 5.52. The number of hydrogen-bond acceptors (Lipinski definition) is 2. The summed E-state index contributed by atoms with van der Waals surface area (Å²) in [6.07, 6.45) is 5.53. The van der Waals surface area contributed by atoms with Gasteiger partial charge in [0.05, 0.1) is 6.04 Å². The first-order chi connectivity index (χ1) is 10.6. The summed E-state index contributed by atoms with van der Waals surface area (Å²) < 4.78 is 0. The van der Waals surface area contributed by atoms with Gasteiger partial charge in [-0.3, -0.25) is 0 Å². The molecule has 0 aliphatic heterocycles. The molecule has 2 N–H and O–H groups in total. The van der Waals surface area contributed by atoms with Crippen LogP contribution in [0.15, 0.2) is 30.3 Å². The topological polar surface area (TPSA) is 27.3 Å². The van der Waals surface area contributed by atoms with Crippen LogP contribution in [0.5, 0.6) is 0 Å². The second kappa shape index (κ2) is 6.97. The molecule has 2 saturated carbocycles. The van der Waals surface area contributed by atoms with Gasteiger partial charge in [-0.1, -0.05) is 36.8 Å². The van der Waals surface area contributed by atoms with Crippen LogP contribution in [0, 0.1) is 11.8 Å². The standard InChI is InChI=1S/C18H27N3S/c1-21(2)17(14-6-4-3-5-7-14)12-19-18(22)20-16-11-13-8-9-15(16)10-13/h3-7,13,15-17H,8-12H2,1-2H3,(H2,19,20,22)/t13-,15-,16+,17-/m1/s1. The van der Waals surface area contributed by atoms with E-state index in [1.54, 1.807) is 0 Å². The predicted octanol–water partition coefficient (Wildman–Crippen LogP) is 2.94. The van der Waals surface area contributed by atoms with Gasteiger partial charge in [0.2, 0.25) is 0 Å². The second-order valence-corrected chi connectivity index (χ2v) is 7.43. The molecule has 1 aromatic rings. The molecule has 0 spiro atoms. The van der Waals surface area contributed by atoms with E-state index < -0.39 is 0 Å². The van der Waals surface area contributed by atoms with Crippen molar-refractivity contribution in [2.45, 2.75) is 37.8 Å².